The Morgan fingerprint density at radius 1 is 1.60 bits per heavy atom. The van der Waals surface area contributed by atoms with E-state index in [1.807, 2.05) is 18.2 Å². The molecule has 0 saturated heterocycles. The van der Waals surface area contributed by atoms with E-state index in [2.05, 4.69) is 23.0 Å². The SMILES string of the molecule is NSC(=S)Nn1cnc2cc(S)ccc21. The molecule has 0 saturated carbocycles. The Hall–Kier alpha value is -0.760. The van der Waals surface area contributed by atoms with Gasteiger partial charge in [0.05, 0.1) is 11.0 Å². The van der Waals surface area contributed by atoms with Crippen LogP contribution in [0.3, 0.4) is 0 Å². The Labute approximate surface area is 102 Å². The molecule has 0 radical (unpaired) electrons. The summed E-state index contributed by atoms with van der Waals surface area (Å²) in [5.41, 5.74) is 4.73. The molecule has 15 heavy (non-hydrogen) atoms. The fraction of sp³-hybridized carbons (Fsp3) is 0. The first-order valence-corrected chi connectivity index (χ1v) is 5.78. The van der Waals surface area contributed by atoms with Gasteiger partial charge in [-0.05, 0) is 42.4 Å². The van der Waals surface area contributed by atoms with E-state index < -0.39 is 0 Å². The first-order chi connectivity index (χ1) is 7.20. The minimum Gasteiger partial charge on any atom is -0.276 e. The van der Waals surface area contributed by atoms with Crippen molar-refractivity contribution in [3.8, 4) is 0 Å². The van der Waals surface area contributed by atoms with Crippen molar-refractivity contribution >= 4 is 52.1 Å². The second-order valence-corrected chi connectivity index (χ2v) is 4.63. The number of thiocarbonyl (C=S) groups is 1. The monoisotopic (exact) mass is 256 g/mol. The molecule has 2 aromatic rings. The molecule has 0 fully saturated rings. The molecular weight excluding hydrogens is 248 g/mol. The summed E-state index contributed by atoms with van der Waals surface area (Å²) in [6.45, 7) is 0. The topological polar surface area (TPSA) is 55.9 Å². The number of aromatic nitrogens is 2. The van der Waals surface area contributed by atoms with Crippen molar-refractivity contribution in [2.45, 2.75) is 4.90 Å². The summed E-state index contributed by atoms with van der Waals surface area (Å²) in [6, 6.07) is 5.70. The van der Waals surface area contributed by atoms with Gasteiger partial charge in [0.2, 0.25) is 0 Å². The fourth-order valence-corrected chi connectivity index (χ4v) is 1.66. The molecule has 1 aromatic carbocycles. The van der Waals surface area contributed by atoms with Crippen molar-refractivity contribution < 1.29 is 0 Å². The van der Waals surface area contributed by atoms with Gasteiger partial charge in [-0.3, -0.25) is 10.6 Å². The predicted octanol–water partition coefficient (Wildman–Crippen LogP) is 1.76. The average Bonchev–Trinajstić information content (AvgIpc) is 2.60. The van der Waals surface area contributed by atoms with E-state index in [1.165, 1.54) is 0 Å². The predicted molar refractivity (Wildman–Crippen MR) is 70.7 cm³/mol. The number of nitrogens with zero attached hydrogens (tertiary/aromatic N) is 2. The Morgan fingerprint density at radius 3 is 3.13 bits per heavy atom. The molecule has 0 atom stereocenters. The number of nitrogens with one attached hydrogen (secondary N) is 1. The van der Waals surface area contributed by atoms with E-state index in [9.17, 15) is 0 Å². The zero-order valence-corrected chi connectivity index (χ0v) is 10.1. The molecule has 1 heterocycles. The van der Waals surface area contributed by atoms with E-state index in [4.69, 9.17) is 17.4 Å². The van der Waals surface area contributed by atoms with Crippen LogP contribution in [-0.4, -0.2) is 14.0 Å². The molecule has 1 aromatic heterocycles. The largest absolute Gasteiger partial charge is 0.276 e. The van der Waals surface area contributed by atoms with Crippen molar-refractivity contribution in [3.05, 3.63) is 24.5 Å². The van der Waals surface area contributed by atoms with Crippen molar-refractivity contribution in [1.82, 2.24) is 9.66 Å². The highest BCUT2D eigenvalue weighted by molar-refractivity contribution is 8.21. The van der Waals surface area contributed by atoms with Crippen LogP contribution in [0.15, 0.2) is 29.4 Å². The van der Waals surface area contributed by atoms with E-state index in [1.54, 1.807) is 11.0 Å². The fourth-order valence-electron chi connectivity index (χ4n) is 1.21. The van der Waals surface area contributed by atoms with Crippen molar-refractivity contribution in [2.24, 2.45) is 5.14 Å². The molecule has 0 spiro atoms. The molecule has 2 rings (SSSR count). The van der Waals surface area contributed by atoms with Crippen molar-refractivity contribution in [2.75, 3.05) is 5.43 Å². The maximum Gasteiger partial charge on any atom is 0.167 e. The van der Waals surface area contributed by atoms with Crippen LogP contribution in [0.25, 0.3) is 11.0 Å². The van der Waals surface area contributed by atoms with Crippen LogP contribution >= 0.6 is 36.8 Å². The number of imidazole rings is 1. The van der Waals surface area contributed by atoms with Crippen LogP contribution in [0.2, 0.25) is 0 Å². The van der Waals surface area contributed by atoms with Gasteiger partial charge in [0.15, 0.2) is 4.32 Å². The first kappa shape index (κ1) is 10.7. The van der Waals surface area contributed by atoms with Crippen LogP contribution in [-0.2, 0) is 0 Å². The zero-order chi connectivity index (χ0) is 10.8. The summed E-state index contributed by atoms with van der Waals surface area (Å²) in [5, 5.41) is 5.32. The molecule has 0 amide bonds. The second-order valence-electron chi connectivity index (χ2n) is 2.80. The third-order valence-corrected chi connectivity index (χ3v) is 2.81. The smallest absolute Gasteiger partial charge is 0.167 e. The van der Waals surface area contributed by atoms with Gasteiger partial charge < -0.3 is 0 Å². The summed E-state index contributed by atoms with van der Waals surface area (Å²) >= 11 is 10.2. The maximum atomic E-state index is 5.32. The molecule has 4 nitrogen and oxygen atoms in total. The lowest BCUT2D eigenvalue weighted by Crippen LogP contribution is -2.18. The number of hydrogen-bond donors (Lipinski definition) is 3. The number of thiol groups is 1. The molecule has 0 bridgehead atoms. The Bertz CT molecular complexity index is 508. The van der Waals surface area contributed by atoms with Gasteiger partial charge in [-0.1, -0.05) is 0 Å². The molecule has 0 aliphatic rings. The lowest BCUT2D eigenvalue weighted by atomic mass is 10.3. The highest BCUT2D eigenvalue weighted by atomic mass is 32.2. The van der Waals surface area contributed by atoms with Gasteiger partial charge in [0, 0.05) is 4.90 Å². The number of hydrogen-bond acceptors (Lipinski definition) is 5. The highest BCUT2D eigenvalue weighted by Gasteiger charge is 2.03. The van der Waals surface area contributed by atoms with E-state index in [-0.39, 0.29) is 0 Å². The van der Waals surface area contributed by atoms with Gasteiger partial charge in [0.25, 0.3) is 0 Å². The molecule has 78 valence electrons. The Morgan fingerprint density at radius 2 is 2.40 bits per heavy atom. The molecule has 3 N–H and O–H groups in total. The molecule has 0 aliphatic heterocycles. The number of nitrogens with two attached hydrogens (primary N) is 1. The van der Waals surface area contributed by atoms with Crippen LogP contribution in [0, 0.1) is 0 Å². The second kappa shape index (κ2) is 4.40. The first-order valence-electron chi connectivity index (χ1n) is 4.04. The number of rotatable bonds is 1. The summed E-state index contributed by atoms with van der Waals surface area (Å²) in [6.07, 6.45) is 1.65. The summed E-state index contributed by atoms with van der Waals surface area (Å²) < 4.78 is 2.22. The van der Waals surface area contributed by atoms with Gasteiger partial charge in [-0.2, -0.15) is 0 Å². The highest BCUT2D eigenvalue weighted by Crippen LogP contribution is 2.16. The van der Waals surface area contributed by atoms with E-state index in [0.29, 0.717) is 4.32 Å². The maximum absolute atomic E-state index is 5.32. The molecule has 0 unspecified atom stereocenters. The van der Waals surface area contributed by atoms with E-state index >= 15 is 0 Å². The van der Waals surface area contributed by atoms with Crippen LogP contribution < -0.4 is 10.6 Å². The van der Waals surface area contributed by atoms with Crippen molar-refractivity contribution in [1.29, 1.82) is 0 Å². The zero-order valence-electron chi connectivity index (χ0n) is 7.54. The van der Waals surface area contributed by atoms with Gasteiger partial charge in [0.1, 0.15) is 6.33 Å². The standard InChI is InChI=1S/C8H8N4S3/c9-15-8(14)11-12-4-10-6-3-5(13)1-2-7(6)12/h1-4,13H,9H2,(H,11,14). The number of benzene rings is 1. The lowest BCUT2D eigenvalue weighted by molar-refractivity contribution is 1.02. The molecule has 7 heteroatoms. The Kier molecular flexibility index (Phi) is 3.15. The molecule has 0 aliphatic carbocycles. The third-order valence-electron chi connectivity index (χ3n) is 1.85. The normalized spacial score (nSPS) is 10.5. The van der Waals surface area contributed by atoms with Crippen molar-refractivity contribution in [3.63, 3.8) is 0 Å². The lowest BCUT2D eigenvalue weighted by Gasteiger charge is -2.06. The van der Waals surface area contributed by atoms with Gasteiger partial charge in [-0.25, -0.2) is 9.66 Å². The van der Waals surface area contributed by atoms with Crippen LogP contribution in [0.5, 0.6) is 0 Å². The van der Waals surface area contributed by atoms with Gasteiger partial charge >= 0.3 is 0 Å². The summed E-state index contributed by atoms with van der Waals surface area (Å²) in [7, 11) is 0. The van der Waals surface area contributed by atoms with E-state index in [0.717, 1.165) is 27.9 Å². The Balaban J connectivity index is 2.41. The average molecular weight is 256 g/mol. The van der Waals surface area contributed by atoms with Crippen LogP contribution in [0.4, 0.5) is 0 Å². The summed E-state index contributed by atoms with van der Waals surface area (Å²) in [4.78, 5) is 5.09. The third kappa shape index (κ3) is 2.25. The molecular formula is C8H8N4S3. The summed E-state index contributed by atoms with van der Waals surface area (Å²) in [5.74, 6) is 0. The minimum absolute atomic E-state index is 0.490. The van der Waals surface area contributed by atoms with Crippen LogP contribution in [0.1, 0.15) is 0 Å². The quantitative estimate of drug-likeness (QED) is 0.412. The number of fused-ring (bicyclic) bond motifs is 1. The minimum atomic E-state index is 0.490. The van der Waals surface area contributed by atoms with Gasteiger partial charge in [-0.15, -0.1) is 12.6 Å².